The van der Waals surface area contributed by atoms with Gasteiger partial charge in [0.15, 0.2) is 0 Å². The molecule has 0 heteroatoms. The minimum atomic E-state index is 1.20. The van der Waals surface area contributed by atoms with E-state index < -0.39 is 0 Å². The zero-order chi connectivity index (χ0) is 57.8. The van der Waals surface area contributed by atoms with E-state index in [0.29, 0.717) is 0 Å². The molecule has 0 unspecified atom stereocenters. The van der Waals surface area contributed by atoms with Crippen LogP contribution in [0.4, 0.5) is 0 Å². The van der Waals surface area contributed by atoms with Crippen molar-refractivity contribution < 1.29 is 0 Å². The molecule has 2 aliphatic carbocycles. The Morgan fingerprint density at radius 3 is 0.557 bits per heavy atom. The van der Waals surface area contributed by atoms with Crippen molar-refractivity contribution in [2.45, 2.75) is 0 Å². The summed E-state index contributed by atoms with van der Waals surface area (Å²) in [5.41, 5.74) is 32.2. The van der Waals surface area contributed by atoms with Gasteiger partial charge in [0.25, 0.3) is 0 Å². The Hall–Kier alpha value is -11.4. The van der Waals surface area contributed by atoms with Crippen molar-refractivity contribution in [3.05, 3.63) is 328 Å². The maximum Gasteiger partial charge on any atom is -0.000740 e. The standard InChI is InChI=1S/C88H54/c1-9-27-55(28-10-1)71-51-75-77(53-73(71)57-31-13-3-14-32-57)81(61-39-21-7-22-40-61)87-69-49-47-63(65-43-25-45-67(83(65)69)85(87)79(75)59-35-17-5-18-36-59)64-48-50-70-84-66(64)44-26-46-68(84)86-80(60-37-19-6-20-38-60)76-52-72(56-29-11-2-12-30-56)74(58-33-15-4-16-34-58)54-78(76)82(88(70)86)62-41-23-8-24-42-62/h1-54H. The first-order chi connectivity index (χ1) is 43.7. The molecule has 18 rings (SSSR count). The van der Waals surface area contributed by atoms with E-state index in [4.69, 9.17) is 0 Å². The van der Waals surface area contributed by atoms with Crippen molar-refractivity contribution in [1.82, 2.24) is 0 Å². The van der Waals surface area contributed by atoms with Crippen LogP contribution in [0.2, 0.25) is 0 Å². The second kappa shape index (κ2) is 20.1. The lowest BCUT2D eigenvalue weighted by molar-refractivity contribution is 1.59. The summed E-state index contributed by atoms with van der Waals surface area (Å²) in [7, 11) is 0. The number of rotatable bonds is 9. The van der Waals surface area contributed by atoms with E-state index >= 15 is 0 Å². The molecule has 16 aromatic rings. The monoisotopic (exact) mass is 1110 g/mol. The van der Waals surface area contributed by atoms with Crippen molar-refractivity contribution in [3.63, 3.8) is 0 Å². The van der Waals surface area contributed by atoms with Crippen LogP contribution >= 0.6 is 0 Å². The molecule has 16 aromatic carbocycles. The number of hydrogen-bond acceptors (Lipinski definition) is 0. The summed E-state index contributed by atoms with van der Waals surface area (Å²) in [4.78, 5) is 0. The third kappa shape index (κ3) is 7.59. The third-order valence-corrected chi connectivity index (χ3v) is 18.9. The summed E-state index contributed by atoms with van der Waals surface area (Å²) in [5.74, 6) is 0. The first-order valence-electron chi connectivity index (χ1n) is 30.7. The molecule has 0 saturated heterocycles. The molecule has 0 aliphatic heterocycles. The van der Waals surface area contributed by atoms with Crippen LogP contribution in [0.1, 0.15) is 0 Å². The quantitative estimate of drug-likeness (QED) is 0.135. The van der Waals surface area contributed by atoms with Gasteiger partial charge < -0.3 is 0 Å². The number of benzene rings is 16. The summed E-state index contributed by atoms with van der Waals surface area (Å²) in [5, 5.41) is 10.1. The molecule has 0 aromatic heterocycles. The van der Waals surface area contributed by atoms with Crippen molar-refractivity contribution in [3.8, 4) is 145 Å². The minimum absolute atomic E-state index is 1.20. The molecule has 0 bridgehead atoms. The fourth-order valence-corrected chi connectivity index (χ4v) is 15.3. The van der Waals surface area contributed by atoms with Crippen molar-refractivity contribution in [2.75, 3.05) is 0 Å². The van der Waals surface area contributed by atoms with Gasteiger partial charge in [-0.25, -0.2) is 0 Å². The van der Waals surface area contributed by atoms with Gasteiger partial charge in [-0.05, 0) is 212 Å². The highest BCUT2D eigenvalue weighted by molar-refractivity contribution is 6.33. The topological polar surface area (TPSA) is 0 Å². The minimum Gasteiger partial charge on any atom is -0.0622 e. The summed E-state index contributed by atoms with van der Waals surface area (Å²) < 4.78 is 0. The van der Waals surface area contributed by atoms with E-state index in [1.165, 1.54) is 188 Å². The molecule has 406 valence electrons. The molecule has 0 heterocycles. The van der Waals surface area contributed by atoms with Gasteiger partial charge in [-0.2, -0.15) is 0 Å². The molecule has 0 N–H and O–H groups in total. The van der Waals surface area contributed by atoms with E-state index in [-0.39, 0.29) is 0 Å². The first-order valence-corrected chi connectivity index (χ1v) is 30.7. The predicted octanol–water partition coefficient (Wildman–Crippen LogP) is 24.6. The highest BCUT2D eigenvalue weighted by Gasteiger charge is 2.35. The largest absolute Gasteiger partial charge is 0.0622 e. The second-order valence-electron chi connectivity index (χ2n) is 23.6. The Bertz CT molecular complexity index is 4840. The van der Waals surface area contributed by atoms with E-state index in [2.05, 4.69) is 328 Å². The van der Waals surface area contributed by atoms with E-state index in [1.807, 2.05) is 0 Å². The van der Waals surface area contributed by atoms with Crippen LogP contribution in [0, 0.1) is 0 Å². The van der Waals surface area contributed by atoms with Crippen LogP contribution in [0.3, 0.4) is 0 Å². The Labute approximate surface area is 512 Å². The normalized spacial score (nSPS) is 11.9. The zero-order valence-electron chi connectivity index (χ0n) is 48.2. The lowest BCUT2D eigenvalue weighted by Crippen LogP contribution is -1.96. The Balaban J connectivity index is 0.921. The molecule has 0 fully saturated rings. The molecule has 88 heavy (non-hydrogen) atoms. The highest BCUT2D eigenvalue weighted by atomic mass is 14.4. The number of fused-ring (bicyclic) bond motifs is 8. The predicted molar refractivity (Wildman–Crippen MR) is 374 cm³/mol. The molecule has 0 spiro atoms. The van der Waals surface area contributed by atoms with Crippen LogP contribution < -0.4 is 0 Å². The van der Waals surface area contributed by atoms with Crippen molar-refractivity contribution >= 4 is 43.1 Å². The van der Waals surface area contributed by atoms with Gasteiger partial charge in [-0.3, -0.25) is 0 Å². The van der Waals surface area contributed by atoms with Crippen molar-refractivity contribution in [1.29, 1.82) is 0 Å². The van der Waals surface area contributed by atoms with Gasteiger partial charge in [-0.1, -0.05) is 303 Å². The van der Waals surface area contributed by atoms with Gasteiger partial charge >= 0.3 is 0 Å². The molecule has 0 atom stereocenters. The molecular weight excluding hydrogens is 1060 g/mol. The van der Waals surface area contributed by atoms with E-state index in [0.717, 1.165) is 0 Å². The van der Waals surface area contributed by atoms with Gasteiger partial charge in [0, 0.05) is 0 Å². The molecule has 0 saturated carbocycles. The Kier molecular flexibility index (Phi) is 11.4. The lowest BCUT2D eigenvalue weighted by Gasteiger charge is -2.23. The van der Waals surface area contributed by atoms with Crippen LogP contribution in [-0.2, 0) is 0 Å². The second-order valence-corrected chi connectivity index (χ2v) is 23.6. The molecule has 0 nitrogen and oxygen atoms in total. The van der Waals surface area contributed by atoms with Gasteiger partial charge in [0.2, 0.25) is 0 Å². The smallest absolute Gasteiger partial charge is 0.000740 e. The lowest BCUT2D eigenvalue weighted by atomic mass is 9.80. The highest BCUT2D eigenvalue weighted by Crippen LogP contribution is 2.62. The number of hydrogen-bond donors (Lipinski definition) is 0. The van der Waals surface area contributed by atoms with E-state index in [1.54, 1.807) is 0 Å². The van der Waals surface area contributed by atoms with Gasteiger partial charge in [0.1, 0.15) is 0 Å². The summed E-state index contributed by atoms with van der Waals surface area (Å²) >= 11 is 0. The molecule has 0 amide bonds. The van der Waals surface area contributed by atoms with Gasteiger partial charge in [0.05, 0.1) is 0 Å². The van der Waals surface area contributed by atoms with Gasteiger partial charge in [-0.15, -0.1) is 0 Å². The summed E-state index contributed by atoms with van der Waals surface area (Å²) in [6, 6.07) is 122. The third-order valence-electron chi connectivity index (χ3n) is 18.9. The maximum absolute atomic E-state index is 2.50. The van der Waals surface area contributed by atoms with Crippen LogP contribution in [0.25, 0.3) is 188 Å². The Morgan fingerprint density at radius 2 is 0.318 bits per heavy atom. The fraction of sp³-hybridized carbons (Fsp3) is 0. The Morgan fingerprint density at radius 1 is 0.114 bits per heavy atom. The fourth-order valence-electron chi connectivity index (χ4n) is 15.3. The SMILES string of the molecule is c1ccc(-c2cc3c(-c4ccccc4)c4c(c(-c5ccccc5)c3cc2-c2ccccc2)-c2ccc(-c3ccc5c6c(cccc36)-c3c-5c(-c5ccccc5)c5cc(-c6ccccc6)c(-c6ccccc6)cc5c3-c3ccccc3)c3cccc-4c23)cc1. The molecule has 2 aliphatic rings. The average molecular weight is 1110 g/mol. The summed E-state index contributed by atoms with van der Waals surface area (Å²) in [6.45, 7) is 0. The maximum atomic E-state index is 2.50. The average Bonchev–Trinajstić information content (AvgIpc) is 1.51. The first kappa shape index (κ1) is 49.9. The van der Waals surface area contributed by atoms with Crippen LogP contribution in [0.15, 0.2) is 328 Å². The summed E-state index contributed by atoms with van der Waals surface area (Å²) in [6.07, 6.45) is 0. The molecular formula is C88H54. The van der Waals surface area contributed by atoms with Crippen molar-refractivity contribution in [2.24, 2.45) is 0 Å². The van der Waals surface area contributed by atoms with Crippen LogP contribution in [0.5, 0.6) is 0 Å². The zero-order valence-corrected chi connectivity index (χ0v) is 48.2. The van der Waals surface area contributed by atoms with Crippen LogP contribution in [-0.4, -0.2) is 0 Å². The molecule has 0 radical (unpaired) electrons. The van der Waals surface area contributed by atoms with E-state index in [9.17, 15) is 0 Å².